The van der Waals surface area contributed by atoms with Gasteiger partial charge in [-0.1, -0.05) is 26.1 Å². The summed E-state index contributed by atoms with van der Waals surface area (Å²) in [5.41, 5.74) is 4.78. The van der Waals surface area contributed by atoms with E-state index in [4.69, 9.17) is 18.0 Å². The SMILES string of the molecule is CCC(CC)(C(=O)NC(C)C(=O)NC)C(N)=S. The van der Waals surface area contributed by atoms with Crippen LogP contribution in [0.3, 0.4) is 0 Å². The fraction of sp³-hybridized carbons (Fsp3) is 0.727. The molecule has 0 spiro atoms. The molecule has 0 radical (unpaired) electrons. The second-order valence-electron chi connectivity index (χ2n) is 3.96. The topological polar surface area (TPSA) is 84.2 Å². The number of rotatable bonds is 6. The van der Waals surface area contributed by atoms with Gasteiger partial charge in [-0.05, 0) is 19.8 Å². The Bertz CT molecular complexity index is 314. The van der Waals surface area contributed by atoms with Gasteiger partial charge >= 0.3 is 0 Å². The lowest BCUT2D eigenvalue weighted by Crippen LogP contribution is -2.53. The van der Waals surface area contributed by atoms with Crippen LogP contribution >= 0.6 is 12.2 Å². The summed E-state index contributed by atoms with van der Waals surface area (Å²) >= 11 is 4.97. The average Bonchev–Trinajstić information content (AvgIpc) is 2.29. The molecule has 0 aliphatic carbocycles. The van der Waals surface area contributed by atoms with Crippen molar-refractivity contribution < 1.29 is 9.59 Å². The molecule has 0 saturated heterocycles. The van der Waals surface area contributed by atoms with E-state index in [1.807, 2.05) is 13.8 Å². The van der Waals surface area contributed by atoms with Crippen LogP contribution in [0.1, 0.15) is 33.6 Å². The van der Waals surface area contributed by atoms with Gasteiger partial charge in [-0.2, -0.15) is 0 Å². The van der Waals surface area contributed by atoms with Crippen LogP contribution in [0, 0.1) is 5.41 Å². The van der Waals surface area contributed by atoms with Gasteiger partial charge in [0.1, 0.15) is 6.04 Å². The largest absolute Gasteiger partial charge is 0.392 e. The zero-order valence-corrected chi connectivity index (χ0v) is 11.6. The highest BCUT2D eigenvalue weighted by Crippen LogP contribution is 2.27. The maximum Gasteiger partial charge on any atom is 0.242 e. The normalized spacial score (nSPS) is 12.7. The lowest BCUT2D eigenvalue weighted by atomic mass is 9.81. The summed E-state index contributed by atoms with van der Waals surface area (Å²) in [4.78, 5) is 23.6. The van der Waals surface area contributed by atoms with Gasteiger partial charge in [-0.15, -0.1) is 0 Å². The predicted molar refractivity (Wildman–Crippen MR) is 71.5 cm³/mol. The first kappa shape index (κ1) is 15.8. The summed E-state index contributed by atoms with van der Waals surface area (Å²) in [6, 6.07) is -0.598. The number of amides is 2. The van der Waals surface area contributed by atoms with Crippen LogP contribution in [0.25, 0.3) is 0 Å². The summed E-state index contributed by atoms with van der Waals surface area (Å²) in [5.74, 6) is -0.534. The van der Waals surface area contributed by atoms with Crippen molar-refractivity contribution in [2.24, 2.45) is 11.1 Å². The first-order valence-corrected chi connectivity index (χ1v) is 6.09. The first-order chi connectivity index (χ1) is 7.85. The molecule has 1 unspecified atom stereocenters. The number of nitrogens with two attached hydrogens (primary N) is 1. The van der Waals surface area contributed by atoms with Crippen molar-refractivity contribution in [3.8, 4) is 0 Å². The van der Waals surface area contributed by atoms with Crippen LogP contribution in [0.5, 0.6) is 0 Å². The fourth-order valence-electron chi connectivity index (χ4n) is 1.65. The van der Waals surface area contributed by atoms with Crippen molar-refractivity contribution in [2.75, 3.05) is 7.05 Å². The van der Waals surface area contributed by atoms with Gasteiger partial charge in [-0.25, -0.2) is 0 Å². The van der Waals surface area contributed by atoms with E-state index < -0.39 is 11.5 Å². The molecule has 0 aromatic carbocycles. The molecule has 0 saturated carbocycles. The number of hydrogen-bond donors (Lipinski definition) is 3. The number of nitrogens with one attached hydrogen (secondary N) is 2. The standard InChI is InChI=1S/C11H21N3O2S/c1-5-11(6-2,9(12)17)10(16)14-7(3)8(15)13-4/h7H,5-6H2,1-4H3,(H2,12,17)(H,13,15)(H,14,16). The van der Waals surface area contributed by atoms with Crippen molar-refractivity contribution >= 4 is 29.0 Å². The second-order valence-corrected chi connectivity index (χ2v) is 4.40. The number of likely N-dealkylation sites (N-methyl/N-ethyl adjacent to an activating group) is 1. The summed E-state index contributed by atoms with van der Waals surface area (Å²) in [7, 11) is 1.52. The monoisotopic (exact) mass is 259 g/mol. The van der Waals surface area contributed by atoms with Crippen LogP contribution < -0.4 is 16.4 Å². The summed E-state index contributed by atoms with van der Waals surface area (Å²) in [5, 5.41) is 5.11. The van der Waals surface area contributed by atoms with E-state index in [0.29, 0.717) is 12.8 Å². The molecule has 1 atom stereocenters. The molecular formula is C11H21N3O2S. The number of carbonyl (C=O) groups is 2. The molecule has 0 rings (SSSR count). The number of carbonyl (C=O) groups excluding carboxylic acids is 2. The molecule has 0 aromatic rings. The van der Waals surface area contributed by atoms with E-state index in [-0.39, 0.29) is 16.8 Å². The number of hydrogen-bond acceptors (Lipinski definition) is 3. The van der Waals surface area contributed by atoms with Crippen molar-refractivity contribution in [1.29, 1.82) is 0 Å². The Hall–Kier alpha value is -1.17. The average molecular weight is 259 g/mol. The molecule has 6 heteroatoms. The Morgan fingerprint density at radius 1 is 1.35 bits per heavy atom. The van der Waals surface area contributed by atoms with Crippen LogP contribution in [-0.2, 0) is 9.59 Å². The van der Waals surface area contributed by atoms with E-state index in [1.165, 1.54) is 7.05 Å². The molecule has 17 heavy (non-hydrogen) atoms. The smallest absolute Gasteiger partial charge is 0.242 e. The molecule has 0 aliphatic rings. The molecular weight excluding hydrogens is 238 g/mol. The quantitative estimate of drug-likeness (QED) is 0.600. The summed E-state index contributed by atoms with van der Waals surface area (Å²) in [6.45, 7) is 5.33. The molecule has 5 nitrogen and oxygen atoms in total. The third-order valence-corrected chi connectivity index (χ3v) is 3.49. The maximum atomic E-state index is 12.1. The first-order valence-electron chi connectivity index (χ1n) is 5.68. The van der Waals surface area contributed by atoms with Gasteiger partial charge in [-0.3, -0.25) is 9.59 Å². The Labute approximate surface area is 108 Å². The van der Waals surface area contributed by atoms with E-state index >= 15 is 0 Å². The van der Waals surface area contributed by atoms with E-state index in [9.17, 15) is 9.59 Å². The highest BCUT2D eigenvalue weighted by atomic mass is 32.1. The van der Waals surface area contributed by atoms with Gasteiger partial charge in [0.05, 0.1) is 10.4 Å². The minimum absolute atomic E-state index is 0.170. The second kappa shape index (κ2) is 6.54. The fourth-order valence-corrected chi connectivity index (χ4v) is 2.03. The van der Waals surface area contributed by atoms with Gasteiger partial charge in [0.2, 0.25) is 11.8 Å². The van der Waals surface area contributed by atoms with Gasteiger partial charge in [0.25, 0.3) is 0 Å². The van der Waals surface area contributed by atoms with Crippen LogP contribution in [0.15, 0.2) is 0 Å². The maximum absolute atomic E-state index is 12.1. The molecule has 0 aromatic heterocycles. The number of thiocarbonyl (C=S) groups is 1. The van der Waals surface area contributed by atoms with E-state index in [0.717, 1.165) is 0 Å². The van der Waals surface area contributed by atoms with Crippen LogP contribution in [0.4, 0.5) is 0 Å². The lowest BCUT2D eigenvalue weighted by molar-refractivity contribution is -0.132. The summed E-state index contributed by atoms with van der Waals surface area (Å²) in [6.07, 6.45) is 1.04. The molecule has 0 heterocycles. The zero-order valence-electron chi connectivity index (χ0n) is 10.8. The van der Waals surface area contributed by atoms with Crippen molar-refractivity contribution in [2.45, 2.75) is 39.7 Å². The Balaban J connectivity index is 4.88. The molecule has 0 bridgehead atoms. The van der Waals surface area contributed by atoms with E-state index in [2.05, 4.69) is 10.6 Å². The molecule has 0 fully saturated rings. The zero-order chi connectivity index (χ0) is 13.6. The molecule has 0 aliphatic heterocycles. The highest BCUT2D eigenvalue weighted by Gasteiger charge is 2.39. The predicted octanol–water partition coefficient (Wildman–Crippen LogP) is 0.330. The van der Waals surface area contributed by atoms with Crippen molar-refractivity contribution in [3.63, 3.8) is 0 Å². The Kier molecular flexibility index (Phi) is 6.09. The third-order valence-electron chi connectivity index (χ3n) is 3.10. The Morgan fingerprint density at radius 3 is 2.12 bits per heavy atom. The van der Waals surface area contributed by atoms with Crippen LogP contribution in [-0.4, -0.2) is 29.9 Å². The minimum Gasteiger partial charge on any atom is -0.392 e. The van der Waals surface area contributed by atoms with Crippen LogP contribution in [0.2, 0.25) is 0 Å². The van der Waals surface area contributed by atoms with E-state index in [1.54, 1.807) is 6.92 Å². The third kappa shape index (κ3) is 3.39. The molecule has 98 valence electrons. The van der Waals surface area contributed by atoms with Crippen molar-refractivity contribution in [1.82, 2.24) is 10.6 Å². The molecule has 2 amide bonds. The lowest BCUT2D eigenvalue weighted by Gasteiger charge is -2.30. The van der Waals surface area contributed by atoms with Gasteiger partial charge in [0, 0.05) is 7.05 Å². The summed E-state index contributed by atoms with van der Waals surface area (Å²) < 4.78 is 0. The van der Waals surface area contributed by atoms with Gasteiger partial charge in [0.15, 0.2) is 0 Å². The van der Waals surface area contributed by atoms with Gasteiger partial charge < -0.3 is 16.4 Å². The highest BCUT2D eigenvalue weighted by molar-refractivity contribution is 7.80. The minimum atomic E-state index is -0.863. The molecule has 4 N–H and O–H groups in total. The van der Waals surface area contributed by atoms with Crippen molar-refractivity contribution in [3.05, 3.63) is 0 Å². The Morgan fingerprint density at radius 2 is 1.82 bits per heavy atom.